The van der Waals surface area contributed by atoms with Crippen molar-refractivity contribution in [2.75, 3.05) is 33.4 Å². The molecule has 0 unspecified atom stereocenters. The fraction of sp³-hybridized carbons (Fsp3) is 0.500. The lowest BCUT2D eigenvalue weighted by atomic mass is 10.3. The number of carbonyl (C=O) groups excluding carboxylic acids is 1. The van der Waals surface area contributed by atoms with Crippen LogP contribution in [0.15, 0.2) is 21.4 Å². The summed E-state index contributed by atoms with van der Waals surface area (Å²) in [5.41, 5.74) is 0.517. The molecule has 16 heavy (non-hydrogen) atoms. The van der Waals surface area contributed by atoms with Gasteiger partial charge in [0.05, 0.1) is 12.2 Å². The Hall–Kier alpha value is -0.850. The molecule has 1 aromatic rings. The molecule has 90 valence electrons. The van der Waals surface area contributed by atoms with Gasteiger partial charge in [-0.1, -0.05) is 0 Å². The second-order valence-corrected chi connectivity index (χ2v) is 3.92. The molecule has 0 spiro atoms. The van der Waals surface area contributed by atoms with Crippen LogP contribution in [0.4, 0.5) is 0 Å². The Morgan fingerprint density at radius 1 is 1.50 bits per heavy atom. The van der Waals surface area contributed by atoms with E-state index in [1.165, 1.54) is 6.26 Å². The van der Waals surface area contributed by atoms with Crippen molar-refractivity contribution in [1.29, 1.82) is 0 Å². The second kappa shape index (κ2) is 7.43. The first-order valence-electron chi connectivity index (χ1n) is 4.96. The highest BCUT2D eigenvalue weighted by molar-refractivity contribution is 9.10. The zero-order chi connectivity index (χ0) is 11.8. The molecule has 0 aromatic carbocycles. The molecule has 0 bridgehead atoms. The number of carbonyl (C=O) groups is 1. The lowest BCUT2D eigenvalue weighted by Gasteiger charge is -2.05. The molecule has 0 fully saturated rings. The highest BCUT2D eigenvalue weighted by Crippen LogP contribution is 2.13. The topological polar surface area (TPSA) is 63.5 Å². The van der Waals surface area contributed by atoms with Gasteiger partial charge in [0.2, 0.25) is 0 Å². The molecule has 0 aliphatic rings. The maximum Gasteiger partial charge on any atom is 0.254 e. The zero-order valence-corrected chi connectivity index (χ0v) is 10.7. The lowest BCUT2D eigenvalue weighted by Crippen LogP contribution is -2.32. The first kappa shape index (κ1) is 13.2. The van der Waals surface area contributed by atoms with E-state index in [0.29, 0.717) is 29.9 Å². The predicted octanol–water partition coefficient (Wildman–Crippen LogP) is 1.01. The smallest absolute Gasteiger partial charge is 0.254 e. The molecule has 0 saturated carbocycles. The quantitative estimate of drug-likeness (QED) is 0.736. The fourth-order valence-electron chi connectivity index (χ4n) is 1.09. The van der Waals surface area contributed by atoms with Gasteiger partial charge in [-0.2, -0.15) is 0 Å². The summed E-state index contributed by atoms with van der Waals surface area (Å²) >= 11 is 3.14. The van der Waals surface area contributed by atoms with Crippen molar-refractivity contribution in [3.05, 3.63) is 22.6 Å². The highest BCUT2D eigenvalue weighted by Gasteiger charge is 2.07. The Bertz CT molecular complexity index is 328. The van der Waals surface area contributed by atoms with E-state index >= 15 is 0 Å². The molecule has 0 aliphatic heterocycles. The van der Waals surface area contributed by atoms with Gasteiger partial charge in [-0.15, -0.1) is 0 Å². The Morgan fingerprint density at radius 3 is 2.94 bits per heavy atom. The minimum atomic E-state index is -0.136. The van der Waals surface area contributed by atoms with Crippen LogP contribution >= 0.6 is 15.9 Å². The van der Waals surface area contributed by atoms with Gasteiger partial charge < -0.3 is 19.8 Å². The number of methoxy groups -OCH3 is 1. The van der Waals surface area contributed by atoms with E-state index in [0.717, 1.165) is 6.54 Å². The monoisotopic (exact) mass is 290 g/mol. The first-order valence-corrected chi connectivity index (χ1v) is 5.75. The van der Waals surface area contributed by atoms with Crippen molar-refractivity contribution in [2.24, 2.45) is 0 Å². The van der Waals surface area contributed by atoms with Crippen LogP contribution in [0.5, 0.6) is 0 Å². The van der Waals surface area contributed by atoms with Crippen LogP contribution in [-0.4, -0.2) is 39.3 Å². The summed E-state index contributed by atoms with van der Waals surface area (Å²) in [7, 11) is 1.65. The summed E-state index contributed by atoms with van der Waals surface area (Å²) in [4.78, 5) is 11.5. The lowest BCUT2D eigenvalue weighted by molar-refractivity contribution is 0.0953. The summed E-state index contributed by atoms with van der Waals surface area (Å²) in [5.74, 6) is -0.136. The van der Waals surface area contributed by atoms with Crippen molar-refractivity contribution in [3.8, 4) is 0 Å². The van der Waals surface area contributed by atoms with Crippen LogP contribution in [0, 0.1) is 0 Å². The van der Waals surface area contributed by atoms with Crippen molar-refractivity contribution < 1.29 is 13.9 Å². The summed E-state index contributed by atoms with van der Waals surface area (Å²) in [5, 5.41) is 5.89. The van der Waals surface area contributed by atoms with Gasteiger partial charge in [-0.3, -0.25) is 4.79 Å². The van der Waals surface area contributed by atoms with Gasteiger partial charge >= 0.3 is 0 Å². The van der Waals surface area contributed by atoms with E-state index in [2.05, 4.69) is 26.6 Å². The molecule has 5 nitrogen and oxygen atoms in total. The number of amides is 1. The van der Waals surface area contributed by atoms with Gasteiger partial charge in [0.1, 0.15) is 6.26 Å². The third kappa shape index (κ3) is 4.78. The standard InChI is InChI=1S/C10H15BrN2O3/c1-15-5-4-12-2-3-13-10(14)8-6-9(11)16-7-8/h6-7,12H,2-5H2,1H3,(H,13,14). The summed E-state index contributed by atoms with van der Waals surface area (Å²) in [6.07, 6.45) is 1.41. The largest absolute Gasteiger partial charge is 0.457 e. The molecule has 2 N–H and O–H groups in total. The second-order valence-electron chi connectivity index (χ2n) is 3.14. The third-order valence-corrected chi connectivity index (χ3v) is 2.32. The minimum Gasteiger partial charge on any atom is -0.457 e. The van der Waals surface area contributed by atoms with Crippen LogP contribution < -0.4 is 10.6 Å². The van der Waals surface area contributed by atoms with E-state index < -0.39 is 0 Å². The molecule has 0 saturated heterocycles. The average molecular weight is 291 g/mol. The number of ether oxygens (including phenoxy) is 1. The average Bonchev–Trinajstić information content (AvgIpc) is 2.70. The summed E-state index contributed by atoms with van der Waals surface area (Å²) in [6, 6.07) is 1.63. The zero-order valence-electron chi connectivity index (χ0n) is 9.09. The van der Waals surface area contributed by atoms with Crippen LogP contribution in [0.1, 0.15) is 10.4 Å². The van der Waals surface area contributed by atoms with Crippen LogP contribution in [0.2, 0.25) is 0 Å². The third-order valence-electron chi connectivity index (χ3n) is 1.90. The molecule has 0 atom stereocenters. The number of furan rings is 1. The van der Waals surface area contributed by atoms with Gasteiger partial charge in [0, 0.05) is 32.8 Å². The Labute approximate surface area is 103 Å². The molecule has 1 rings (SSSR count). The molecular formula is C10H15BrN2O3. The van der Waals surface area contributed by atoms with Gasteiger partial charge in [-0.05, 0) is 15.9 Å². The number of hydrogen-bond acceptors (Lipinski definition) is 4. The van der Waals surface area contributed by atoms with Gasteiger partial charge in [0.15, 0.2) is 4.67 Å². The molecule has 0 aliphatic carbocycles. The van der Waals surface area contributed by atoms with E-state index in [1.54, 1.807) is 13.2 Å². The number of hydrogen-bond donors (Lipinski definition) is 2. The van der Waals surface area contributed by atoms with Crippen molar-refractivity contribution >= 4 is 21.8 Å². The molecular weight excluding hydrogens is 276 g/mol. The van der Waals surface area contributed by atoms with Crippen molar-refractivity contribution in [2.45, 2.75) is 0 Å². The number of halogens is 1. The van der Waals surface area contributed by atoms with Crippen LogP contribution in [0.3, 0.4) is 0 Å². The highest BCUT2D eigenvalue weighted by atomic mass is 79.9. The van der Waals surface area contributed by atoms with Gasteiger partial charge in [-0.25, -0.2) is 0 Å². The first-order chi connectivity index (χ1) is 7.74. The number of rotatable bonds is 7. The van der Waals surface area contributed by atoms with E-state index in [-0.39, 0.29) is 5.91 Å². The van der Waals surface area contributed by atoms with Crippen LogP contribution in [-0.2, 0) is 4.74 Å². The Morgan fingerprint density at radius 2 is 2.31 bits per heavy atom. The normalized spacial score (nSPS) is 10.4. The van der Waals surface area contributed by atoms with Crippen molar-refractivity contribution in [1.82, 2.24) is 10.6 Å². The molecule has 1 aromatic heterocycles. The van der Waals surface area contributed by atoms with E-state index in [4.69, 9.17) is 9.15 Å². The summed E-state index contributed by atoms with van der Waals surface area (Å²) < 4.78 is 10.4. The van der Waals surface area contributed by atoms with Crippen LogP contribution in [0.25, 0.3) is 0 Å². The van der Waals surface area contributed by atoms with Gasteiger partial charge in [0.25, 0.3) is 5.91 Å². The SMILES string of the molecule is COCCNCCNC(=O)c1coc(Br)c1. The molecule has 6 heteroatoms. The molecule has 0 radical (unpaired) electrons. The summed E-state index contributed by atoms with van der Waals surface area (Å²) in [6.45, 7) is 2.74. The Kier molecular flexibility index (Phi) is 6.14. The van der Waals surface area contributed by atoms with E-state index in [1.807, 2.05) is 0 Å². The predicted molar refractivity (Wildman–Crippen MR) is 63.5 cm³/mol. The number of nitrogens with one attached hydrogen (secondary N) is 2. The minimum absolute atomic E-state index is 0.136. The maximum atomic E-state index is 11.5. The fourth-order valence-corrected chi connectivity index (χ4v) is 1.43. The van der Waals surface area contributed by atoms with Crippen molar-refractivity contribution in [3.63, 3.8) is 0 Å². The Balaban J connectivity index is 2.11. The molecule has 1 amide bonds. The van der Waals surface area contributed by atoms with E-state index in [9.17, 15) is 4.79 Å². The molecule has 1 heterocycles. The maximum absolute atomic E-state index is 11.5.